The summed E-state index contributed by atoms with van der Waals surface area (Å²) < 4.78 is 0.902. The number of hydrogen-bond donors (Lipinski definition) is 2. The zero-order valence-corrected chi connectivity index (χ0v) is 12.9. The van der Waals surface area contributed by atoms with Gasteiger partial charge >= 0.3 is 0 Å². The number of para-hydroxylation sites is 1. The molecule has 2 rings (SSSR count). The second kappa shape index (κ2) is 5.96. The smallest absolute Gasteiger partial charge is 0.257 e. The molecule has 20 heavy (non-hydrogen) atoms. The first-order chi connectivity index (χ1) is 9.49. The van der Waals surface area contributed by atoms with Crippen molar-refractivity contribution in [3.8, 4) is 0 Å². The third kappa shape index (κ3) is 3.11. The topological polar surface area (TPSA) is 58.4 Å². The number of nitrogen functional groups attached to an aromatic ring is 1. The first-order valence-corrected chi connectivity index (χ1v) is 6.91. The molecule has 0 aliphatic heterocycles. The summed E-state index contributed by atoms with van der Waals surface area (Å²) in [6.07, 6.45) is 0. The van der Waals surface area contributed by atoms with Gasteiger partial charge in [-0.25, -0.2) is 0 Å². The Bertz CT molecular complexity index is 641. The molecular formula is C15H16BrN3O. The number of hydrogen-bond acceptors (Lipinski definition) is 3. The zero-order chi connectivity index (χ0) is 14.7. The Hall–Kier alpha value is -2.01. The number of benzene rings is 2. The van der Waals surface area contributed by atoms with Crippen molar-refractivity contribution in [2.45, 2.75) is 0 Å². The fraction of sp³-hybridized carbons (Fsp3) is 0.133. The van der Waals surface area contributed by atoms with Crippen LogP contribution < -0.4 is 16.0 Å². The lowest BCUT2D eigenvalue weighted by Gasteiger charge is -2.18. The van der Waals surface area contributed by atoms with Gasteiger partial charge in [0.2, 0.25) is 0 Å². The van der Waals surface area contributed by atoms with E-state index in [2.05, 4.69) is 21.2 Å². The van der Waals surface area contributed by atoms with Crippen LogP contribution in [0.2, 0.25) is 0 Å². The Morgan fingerprint density at radius 2 is 1.90 bits per heavy atom. The second-order valence-corrected chi connectivity index (χ2v) is 5.51. The van der Waals surface area contributed by atoms with E-state index in [-0.39, 0.29) is 5.91 Å². The summed E-state index contributed by atoms with van der Waals surface area (Å²) in [6.45, 7) is 0. The molecule has 0 aromatic heterocycles. The normalized spacial score (nSPS) is 10.2. The minimum Gasteiger partial charge on any atom is -0.398 e. The van der Waals surface area contributed by atoms with E-state index < -0.39 is 0 Å². The Balaban J connectivity index is 2.33. The molecule has 3 N–H and O–H groups in total. The molecule has 5 heteroatoms. The average Bonchev–Trinajstić information content (AvgIpc) is 2.38. The number of nitrogens with zero attached hydrogens (tertiary/aromatic N) is 1. The Morgan fingerprint density at radius 3 is 2.55 bits per heavy atom. The van der Waals surface area contributed by atoms with E-state index in [0.29, 0.717) is 11.3 Å². The van der Waals surface area contributed by atoms with E-state index in [9.17, 15) is 4.79 Å². The second-order valence-electron chi connectivity index (χ2n) is 4.60. The maximum absolute atomic E-state index is 12.3. The third-order valence-electron chi connectivity index (χ3n) is 2.89. The lowest BCUT2D eigenvalue weighted by atomic mass is 10.1. The summed E-state index contributed by atoms with van der Waals surface area (Å²) in [7, 11) is 3.85. The highest BCUT2D eigenvalue weighted by Gasteiger charge is 2.12. The van der Waals surface area contributed by atoms with E-state index in [0.717, 1.165) is 15.8 Å². The van der Waals surface area contributed by atoms with Gasteiger partial charge in [0, 0.05) is 24.3 Å². The van der Waals surface area contributed by atoms with Gasteiger partial charge in [0.25, 0.3) is 5.91 Å². The van der Waals surface area contributed by atoms with Crippen LogP contribution in [0.5, 0.6) is 0 Å². The van der Waals surface area contributed by atoms with Crippen LogP contribution in [-0.4, -0.2) is 20.0 Å². The van der Waals surface area contributed by atoms with Gasteiger partial charge in [0.15, 0.2) is 0 Å². The van der Waals surface area contributed by atoms with E-state index in [4.69, 9.17) is 5.73 Å². The third-order valence-corrected chi connectivity index (χ3v) is 3.39. The van der Waals surface area contributed by atoms with Crippen LogP contribution in [0.3, 0.4) is 0 Å². The molecule has 0 aliphatic rings. The fourth-order valence-electron chi connectivity index (χ4n) is 1.89. The molecular weight excluding hydrogens is 318 g/mol. The first kappa shape index (κ1) is 14.4. The lowest BCUT2D eigenvalue weighted by Crippen LogP contribution is -2.17. The number of carbonyl (C=O) groups excluding carboxylic acids is 1. The van der Waals surface area contributed by atoms with Crippen LogP contribution >= 0.6 is 15.9 Å². The van der Waals surface area contributed by atoms with Gasteiger partial charge in [0.1, 0.15) is 0 Å². The van der Waals surface area contributed by atoms with Crippen LogP contribution in [0, 0.1) is 0 Å². The van der Waals surface area contributed by atoms with Gasteiger partial charge in [0.05, 0.1) is 16.9 Å². The number of nitrogens with one attached hydrogen (secondary N) is 1. The molecule has 0 unspecified atom stereocenters. The highest BCUT2D eigenvalue weighted by atomic mass is 79.9. The summed E-state index contributed by atoms with van der Waals surface area (Å²) >= 11 is 3.41. The van der Waals surface area contributed by atoms with Crippen molar-refractivity contribution in [3.63, 3.8) is 0 Å². The lowest BCUT2D eigenvalue weighted by molar-refractivity contribution is 0.102. The molecule has 0 fully saturated rings. The molecule has 1 amide bonds. The van der Waals surface area contributed by atoms with Gasteiger partial charge in [-0.2, -0.15) is 0 Å². The number of rotatable bonds is 3. The molecule has 0 saturated heterocycles. The number of amides is 1. The van der Waals surface area contributed by atoms with Gasteiger partial charge in [-0.15, -0.1) is 0 Å². The molecule has 2 aromatic carbocycles. The van der Waals surface area contributed by atoms with Gasteiger partial charge < -0.3 is 16.0 Å². The van der Waals surface area contributed by atoms with Crippen LogP contribution in [0.1, 0.15) is 10.4 Å². The molecule has 4 nitrogen and oxygen atoms in total. The quantitative estimate of drug-likeness (QED) is 0.847. The number of halogens is 1. The summed E-state index contributed by atoms with van der Waals surface area (Å²) in [6, 6.07) is 12.7. The van der Waals surface area contributed by atoms with Crippen LogP contribution in [0.25, 0.3) is 0 Å². The maximum atomic E-state index is 12.3. The van der Waals surface area contributed by atoms with E-state index in [1.165, 1.54) is 0 Å². The van der Waals surface area contributed by atoms with E-state index >= 15 is 0 Å². The summed E-state index contributed by atoms with van der Waals surface area (Å²) in [4.78, 5) is 14.2. The summed E-state index contributed by atoms with van der Waals surface area (Å²) in [5.41, 5.74) is 8.42. The maximum Gasteiger partial charge on any atom is 0.257 e. The molecule has 104 valence electrons. The Labute approximate surface area is 126 Å². The zero-order valence-electron chi connectivity index (χ0n) is 11.4. The first-order valence-electron chi connectivity index (χ1n) is 6.12. The molecule has 0 radical (unpaired) electrons. The van der Waals surface area contributed by atoms with Crippen molar-refractivity contribution in [1.29, 1.82) is 0 Å². The highest BCUT2D eigenvalue weighted by molar-refractivity contribution is 9.10. The summed E-state index contributed by atoms with van der Waals surface area (Å²) in [5.74, 6) is -0.218. The molecule has 0 saturated carbocycles. The Morgan fingerprint density at radius 1 is 1.20 bits per heavy atom. The molecule has 0 spiro atoms. The molecule has 2 aromatic rings. The molecule has 0 bridgehead atoms. The van der Waals surface area contributed by atoms with Crippen molar-refractivity contribution < 1.29 is 4.79 Å². The fourth-order valence-corrected chi connectivity index (χ4v) is 2.25. The van der Waals surface area contributed by atoms with Crippen LogP contribution in [0.4, 0.5) is 17.1 Å². The van der Waals surface area contributed by atoms with Gasteiger partial charge in [-0.05, 0) is 30.3 Å². The molecule has 0 atom stereocenters. The van der Waals surface area contributed by atoms with E-state index in [1.54, 1.807) is 24.3 Å². The number of carbonyl (C=O) groups is 1. The predicted octanol–water partition coefficient (Wildman–Crippen LogP) is 3.35. The summed E-state index contributed by atoms with van der Waals surface area (Å²) in [5, 5.41) is 2.90. The van der Waals surface area contributed by atoms with Crippen molar-refractivity contribution in [3.05, 3.63) is 52.5 Å². The van der Waals surface area contributed by atoms with Crippen LogP contribution in [-0.2, 0) is 0 Å². The SMILES string of the molecule is CN(C)c1ccc(Br)cc1NC(=O)c1ccccc1N. The van der Waals surface area contributed by atoms with Crippen molar-refractivity contribution in [2.24, 2.45) is 0 Å². The molecule has 0 aliphatic carbocycles. The largest absolute Gasteiger partial charge is 0.398 e. The number of anilines is 3. The van der Waals surface area contributed by atoms with Gasteiger partial charge in [-0.3, -0.25) is 4.79 Å². The van der Waals surface area contributed by atoms with Crippen molar-refractivity contribution in [2.75, 3.05) is 30.0 Å². The minimum atomic E-state index is -0.218. The minimum absolute atomic E-state index is 0.218. The van der Waals surface area contributed by atoms with Crippen molar-refractivity contribution in [1.82, 2.24) is 0 Å². The average molecular weight is 334 g/mol. The predicted molar refractivity (Wildman–Crippen MR) is 87.3 cm³/mol. The van der Waals surface area contributed by atoms with Crippen molar-refractivity contribution >= 4 is 38.9 Å². The Kier molecular flexibility index (Phi) is 4.29. The number of nitrogens with two attached hydrogens (primary N) is 1. The molecule has 0 heterocycles. The van der Waals surface area contributed by atoms with Crippen LogP contribution in [0.15, 0.2) is 46.9 Å². The van der Waals surface area contributed by atoms with E-state index in [1.807, 2.05) is 37.2 Å². The standard InChI is InChI=1S/C15H16BrN3O/c1-19(2)14-8-7-10(16)9-13(14)18-15(20)11-5-3-4-6-12(11)17/h3-9H,17H2,1-2H3,(H,18,20). The monoisotopic (exact) mass is 333 g/mol. The highest BCUT2D eigenvalue weighted by Crippen LogP contribution is 2.28. The van der Waals surface area contributed by atoms with Gasteiger partial charge in [-0.1, -0.05) is 28.1 Å².